The summed E-state index contributed by atoms with van der Waals surface area (Å²) >= 11 is 0.910. The van der Waals surface area contributed by atoms with Crippen LogP contribution in [-0.2, 0) is 6.54 Å². The maximum Gasteiger partial charge on any atom is 0.309 e. The molecule has 0 fully saturated rings. The number of aromatic nitrogens is 3. The molecular weight excluding hydrogens is 264 g/mol. The van der Waals surface area contributed by atoms with Gasteiger partial charge in [0.1, 0.15) is 4.70 Å². The molecule has 0 unspecified atom stereocenters. The molecule has 3 N–H and O–H groups in total. The number of rotatable bonds is 2. The lowest BCUT2D eigenvalue weighted by molar-refractivity contribution is 0.461. The molecule has 0 aliphatic heterocycles. The number of benzene rings is 1. The molecule has 0 aliphatic carbocycles. The van der Waals surface area contributed by atoms with Gasteiger partial charge in [0.2, 0.25) is 11.8 Å². The van der Waals surface area contributed by atoms with Crippen molar-refractivity contribution in [1.29, 1.82) is 0 Å². The predicted molar refractivity (Wildman–Crippen MR) is 73.3 cm³/mol. The van der Waals surface area contributed by atoms with Crippen molar-refractivity contribution < 1.29 is 5.11 Å². The number of nitrogens with zero attached hydrogens (tertiary/aromatic N) is 3. The summed E-state index contributed by atoms with van der Waals surface area (Å²) in [5.41, 5.74) is 6.84. The van der Waals surface area contributed by atoms with E-state index < -0.39 is 0 Å². The van der Waals surface area contributed by atoms with Crippen molar-refractivity contribution in [2.45, 2.75) is 6.54 Å². The standard InChI is InChI=1S/C12H10N4O2S/c13-11-14-9-8(10(17)15-11)19-12(18)16(9)6-7-4-2-1-3-5-7/h1-5H,6H2,(H3,13,14,15,17). The Hall–Kier alpha value is -2.41. The molecule has 0 aliphatic rings. The monoisotopic (exact) mass is 274 g/mol. The van der Waals surface area contributed by atoms with Gasteiger partial charge in [-0.2, -0.15) is 9.97 Å². The molecular formula is C12H10N4O2S. The van der Waals surface area contributed by atoms with E-state index in [4.69, 9.17) is 5.73 Å². The van der Waals surface area contributed by atoms with Crippen LogP contribution < -0.4 is 10.6 Å². The maximum atomic E-state index is 12.0. The van der Waals surface area contributed by atoms with E-state index in [0.29, 0.717) is 16.9 Å². The molecule has 96 valence electrons. The van der Waals surface area contributed by atoms with Crippen LogP contribution in [0.4, 0.5) is 5.95 Å². The zero-order valence-electron chi connectivity index (χ0n) is 9.78. The van der Waals surface area contributed by atoms with Gasteiger partial charge >= 0.3 is 4.87 Å². The number of hydrogen-bond donors (Lipinski definition) is 2. The van der Waals surface area contributed by atoms with Crippen molar-refractivity contribution in [3.8, 4) is 5.88 Å². The highest BCUT2D eigenvalue weighted by Crippen LogP contribution is 2.25. The van der Waals surface area contributed by atoms with Gasteiger partial charge in [0.25, 0.3) is 0 Å². The zero-order valence-corrected chi connectivity index (χ0v) is 10.6. The SMILES string of the molecule is Nc1nc(O)c2sc(=O)n(Cc3ccccc3)c2n1. The number of aromatic hydroxyl groups is 1. The van der Waals surface area contributed by atoms with Crippen molar-refractivity contribution in [3.63, 3.8) is 0 Å². The van der Waals surface area contributed by atoms with Gasteiger partial charge in [-0.05, 0) is 5.56 Å². The lowest BCUT2D eigenvalue weighted by atomic mass is 10.2. The van der Waals surface area contributed by atoms with Gasteiger partial charge in [-0.25, -0.2) is 0 Å². The molecule has 2 heterocycles. The van der Waals surface area contributed by atoms with E-state index >= 15 is 0 Å². The van der Waals surface area contributed by atoms with Crippen LogP contribution in [0.2, 0.25) is 0 Å². The van der Waals surface area contributed by atoms with Crippen molar-refractivity contribution in [2.75, 3.05) is 5.73 Å². The van der Waals surface area contributed by atoms with Crippen LogP contribution in [0.25, 0.3) is 10.3 Å². The molecule has 0 radical (unpaired) electrons. The molecule has 2 aromatic heterocycles. The maximum absolute atomic E-state index is 12.0. The lowest BCUT2D eigenvalue weighted by Gasteiger charge is -2.03. The largest absolute Gasteiger partial charge is 0.492 e. The molecule has 19 heavy (non-hydrogen) atoms. The van der Waals surface area contributed by atoms with E-state index in [1.807, 2.05) is 30.3 Å². The first kappa shape index (κ1) is 11.7. The predicted octanol–water partition coefficient (Wildman–Crippen LogP) is 1.19. The van der Waals surface area contributed by atoms with Gasteiger partial charge in [0, 0.05) is 0 Å². The average molecular weight is 274 g/mol. The third kappa shape index (κ3) is 2.04. The van der Waals surface area contributed by atoms with Crippen molar-refractivity contribution in [2.24, 2.45) is 0 Å². The molecule has 0 atom stereocenters. The minimum Gasteiger partial charge on any atom is -0.492 e. The third-order valence-electron chi connectivity index (χ3n) is 2.70. The van der Waals surface area contributed by atoms with Gasteiger partial charge in [0.15, 0.2) is 5.65 Å². The Morgan fingerprint density at radius 1 is 1.26 bits per heavy atom. The Labute approximate surface area is 111 Å². The second kappa shape index (κ2) is 4.36. The van der Waals surface area contributed by atoms with Crippen molar-refractivity contribution in [3.05, 3.63) is 45.6 Å². The number of anilines is 1. The average Bonchev–Trinajstić information content (AvgIpc) is 2.69. The minimum atomic E-state index is -0.253. The molecule has 0 spiro atoms. The van der Waals surface area contributed by atoms with Gasteiger partial charge in [-0.15, -0.1) is 0 Å². The van der Waals surface area contributed by atoms with Crippen LogP contribution >= 0.6 is 11.3 Å². The number of fused-ring (bicyclic) bond motifs is 1. The van der Waals surface area contributed by atoms with Gasteiger partial charge in [0.05, 0.1) is 6.54 Å². The van der Waals surface area contributed by atoms with Crippen LogP contribution in [0.5, 0.6) is 5.88 Å². The van der Waals surface area contributed by atoms with E-state index in [1.54, 1.807) is 0 Å². The van der Waals surface area contributed by atoms with E-state index in [2.05, 4.69) is 9.97 Å². The quantitative estimate of drug-likeness (QED) is 0.732. The summed E-state index contributed by atoms with van der Waals surface area (Å²) in [6, 6.07) is 9.54. The highest BCUT2D eigenvalue weighted by Gasteiger charge is 2.14. The number of hydrogen-bond acceptors (Lipinski definition) is 6. The summed E-state index contributed by atoms with van der Waals surface area (Å²) in [4.78, 5) is 19.4. The van der Waals surface area contributed by atoms with E-state index in [1.165, 1.54) is 4.57 Å². The highest BCUT2D eigenvalue weighted by molar-refractivity contribution is 7.16. The Balaban J connectivity index is 2.18. The third-order valence-corrected chi connectivity index (χ3v) is 3.66. The first-order valence-electron chi connectivity index (χ1n) is 5.55. The first-order chi connectivity index (χ1) is 9.15. The van der Waals surface area contributed by atoms with Crippen LogP contribution in [0.3, 0.4) is 0 Å². The fraction of sp³-hybridized carbons (Fsp3) is 0.0833. The minimum absolute atomic E-state index is 0.0513. The summed E-state index contributed by atoms with van der Waals surface area (Å²) in [6.07, 6.45) is 0. The second-order valence-corrected chi connectivity index (χ2v) is 4.96. The van der Waals surface area contributed by atoms with E-state index in [9.17, 15) is 9.90 Å². The number of nitrogens with two attached hydrogens (primary N) is 1. The molecule has 3 rings (SSSR count). The molecule has 0 saturated carbocycles. The van der Waals surface area contributed by atoms with Crippen LogP contribution in [-0.4, -0.2) is 19.6 Å². The second-order valence-electron chi connectivity index (χ2n) is 4.00. The van der Waals surface area contributed by atoms with E-state index in [-0.39, 0.29) is 16.7 Å². The Kier molecular flexibility index (Phi) is 2.68. The lowest BCUT2D eigenvalue weighted by Crippen LogP contribution is -2.14. The molecule has 6 nitrogen and oxygen atoms in total. The van der Waals surface area contributed by atoms with Crippen molar-refractivity contribution >= 4 is 27.6 Å². The molecule has 1 aromatic carbocycles. The van der Waals surface area contributed by atoms with Crippen LogP contribution in [0.1, 0.15) is 5.56 Å². The fourth-order valence-corrected chi connectivity index (χ4v) is 2.67. The van der Waals surface area contributed by atoms with Crippen LogP contribution in [0.15, 0.2) is 35.1 Å². The molecule has 7 heteroatoms. The van der Waals surface area contributed by atoms with Crippen LogP contribution in [0, 0.1) is 0 Å². The smallest absolute Gasteiger partial charge is 0.309 e. The Morgan fingerprint density at radius 2 is 2.00 bits per heavy atom. The van der Waals surface area contributed by atoms with E-state index in [0.717, 1.165) is 16.9 Å². The highest BCUT2D eigenvalue weighted by atomic mass is 32.1. The number of thiazole rings is 1. The molecule has 0 bridgehead atoms. The number of nitrogen functional groups attached to an aromatic ring is 1. The molecule has 3 aromatic rings. The first-order valence-corrected chi connectivity index (χ1v) is 6.36. The normalized spacial score (nSPS) is 10.9. The van der Waals surface area contributed by atoms with Gasteiger partial charge < -0.3 is 10.8 Å². The Morgan fingerprint density at radius 3 is 2.74 bits per heavy atom. The molecule has 0 saturated heterocycles. The topological polar surface area (TPSA) is 94.0 Å². The van der Waals surface area contributed by atoms with Crippen molar-refractivity contribution in [1.82, 2.24) is 14.5 Å². The Bertz CT molecular complexity index is 795. The molecule has 0 amide bonds. The zero-order chi connectivity index (χ0) is 13.4. The fourth-order valence-electron chi connectivity index (χ4n) is 1.85. The summed E-state index contributed by atoms with van der Waals surface area (Å²) in [5, 5.41) is 9.68. The summed E-state index contributed by atoms with van der Waals surface area (Å²) in [6.45, 7) is 0.384. The van der Waals surface area contributed by atoms with Gasteiger partial charge in [-0.3, -0.25) is 9.36 Å². The summed E-state index contributed by atoms with van der Waals surface area (Å²) < 4.78 is 1.84. The van der Waals surface area contributed by atoms with Gasteiger partial charge in [-0.1, -0.05) is 41.7 Å². The summed E-state index contributed by atoms with van der Waals surface area (Å²) in [7, 11) is 0. The summed E-state index contributed by atoms with van der Waals surface area (Å²) in [5.74, 6) is -0.305.